The molecule has 2 bridgehead atoms. The molecule has 23 heavy (non-hydrogen) atoms. The minimum atomic E-state index is -0.509. The Kier molecular flexibility index (Phi) is 4.34. The number of rotatable bonds is 2. The molecule has 3 aliphatic rings. The van der Waals surface area contributed by atoms with Gasteiger partial charge in [-0.05, 0) is 61.5 Å². The van der Waals surface area contributed by atoms with Crippen LogP contribution in [0.15, 0.2) is 28.7 Å². The van der Waals surface area contributed by atoms with Crippen molar-refractivity contribution in [1.82, 2.24) is 4.90 Å². The monoisotopic (exact) mass is 315 g/mol. The zero-order valence-electron chi connectivity index (χ0n) is 12.9. The van der Waals surface area contributed by atoms with Crippen LogP contribution in [0, 0.1) is 5.92 Å². The molecule has 0 spiro atoms. The molecule has 0 saturated carbocycles. The highest BCUT2D eigenvalue weighted by Gasteiger charge is 2.34. The summed E-state index contributed by atoms with van der Waals surface area (Å²) in [5.74, 6) is 1.16. The minimum absolute atomic E-state index is 0.242. The number of nitrogens with zero attached hydrogens (tertiary/aromatic N) is 1. The largest absolute Gasteiger partial charge is 0.451 e. The number of nitrogens with two attached hydrogens (primary N) is 2. The second-order valence-electron chi connectivity index (χ2n) is 6.15. The average molecular weight is 315 g/mol. The fourth-order valence-electron chi connectivity index (χ4n) is 3.76. The summed E-state index contributed by atoms with van der Waals surface area (Å²) >= 11 is 0. The topological polar surface area (TPSA) is 103 Å². The first kappa shape index (κ1) is 15.6. The molecule has 0 unspecified atom stereocenters. The van der Waals surface area contributed by atoms with E-state index < -0.39 is 5.91 Å². The number of primary amides is 2. The number of furan rings is 1. The highest BCUT2D eigenvalue weighted by atomic mass is 16.3. The Morgan fingerprint density at radius 1 is 1.26 bits per heavy atom. The zero-order chi connectivity index (χ0) is 16.4. The molecule has 0 radical (unpaired) electrons. The van der Waals surface area contributed by atoms with E-state index in [1.54, 1.807) is 6.07 Å². The van der Waals surface area contributed by atoms with Gasteiger partial charge < -0.3 is 20.8 Å². The number of benzene rings is 1. The second-order valence-corrected chi connectivity index (χ2v) is 6.15. The molecule has 1 aromatic carbocycles. The van der Waals surface area contributed by atoms with E-state index in [9.17, 15) is 4.79 Å². The van der Waals surface area contributed by atoms with Gasteiger partial charge in [0.15, 0.2) is 5.76 Å². The Morgan fingerprint density at radius 2 is 1.96 bits per heavy atom. The Labute approximate surface area is 134 Å². The fraction of sp³-hybridized carbons (Fsp3) is 0.412. The number of hydrogen-bond acceptors (Lipinski definition) is 4. The minimum Gasteiger partial charge on any atom is -0.451 e. The number of hydrogen-bond donors (Lipinski definition) is 2. The standard InChI is InChI=1S/C16H18N2O2.CH3NO/c17-16(19)15-8-12-7-11(1-2-14(12)20-15)13-9-18-5-3-10(13)4-6-18;2-1-3/h1-2,7-8,10,13H,3-6,9H2,(H2,17,19);1H,(H2,2,3)/t13-;/m1./s1. The third-order valence-corrected chi connectivity index (χ3v) is 4.87. The summed E-state index contributed by atoms with van der Waals surface area (Å²) in [5, 5.41) is 0.979. The third-order valence-electron chi connectivity index (χ3n) is 4.87. The summed E-state index contributed by atoms with van der Waals surface area (Å²) in [6.45, 7) is 3.67. The Bertz CT molecular complexity index is 717. The maximum absolute atomic E-state index is 11.2. The first-order valence-electron chi connectivity index (χ1n) is 7.83. The molecule has 2 amide bonds. The number of carbonyl (C=O) groups excluding carboxylic acids is 2. The van der Waals surface area contributed by atoms with Crippen LogP contribution in [-0.4, -0.2) is 36.9 Å². The van der Waals surface area contributed by atoms with Gasteiger partial charge in [-0.3, -0.25) is 9.59 Å². The molecule has 6 heteroatoms. The van der Waals surface area contributed by atoms with E-state index in [1.807, 2.05) is 6.07 Å². The van der Waals surface area contributed by atoms with E-state index in [1.165, 1.54) is 31.5 Å². The number of fused-ring (bicyclic) bond motifs is 4. The first-order chi connectivity index (χ1) is 11.1. The van der Waals surface area contributed by atoms with Crippen molar-refractivity contribution in [3.63, 3.8) is 0 Å². The predicted octanol–water partition coefficient (Wildman–Crippen LogP) is 1.44. The van der Waals surface area contributed by atoms with Gasteiger partial charge in [0.1, 0.15) is 5.58 Å². The maximum atomic E-state index is 11.2. The SMILES string of the molecule is NC(=O)c1cc2cc([C@@H]3CN4CCC3CC4)ccc2o1.NC=O. The van der Waals surface area contributed by atoms with Gasteiger partial charge in [-0.2, -0.15) is 0 Å². The van der Waals surface area contributed by atoms with E-state index in [4.69, 9.17) is 14.9 Å². The third kappa shape index (κ3) is 3.07. The van der Waals surface area contributed by atoms with Crippen LogP contribution in [0.4, 0.5) is 0 Å². The Hall–Kier alpha value is -2.34. The van der Waals surface area contributed by atoms with Gasteiger partial charge in [0.05, 0.1) is 0 Å². The highest BCUT2D eigenvalue weighted by Crippen LogP contribution is 2.39. The molecule has 4 heterocycles. The van der Waals surface area contributed by atoms with Gasteiger partial charge in [0.25, 0.3) is 5.91 Å². The summed E-state index contributed by atoms with van der Waals surface area (Å²) in [4.78, 5) is 22.3. The van der Waals surface area contributed by atoms with Gasteiger partial charge in [-0.15, -0.1) is 0 Å². The number of carbonyl (C=O) groups is 2. The number of piperidine rings is 3. The molecule has 2 aromatic rings. The zero-order valence-corrected chi connectivity index (χ0v) is 12.9. The van der Waals surface area contributed by atoms with Gasteiger partial charge in [0.2, 0.25) is 6.41 Å². The molecule has 5 rings (SSSR count). The molecule has 0 aliphatic carbocycles. The quantitative estimate of drug-likeness (QED) is 0.818. The van der Waals surface area contributed by atoms with Crippen LogP contribution in [0.25, 0.3) is 11.0 Å². The van der Waals surface area contributed by atoms with Crippen molar-refractivity contribution in [2.45, 2.75) is 18.8 Å². The van der Waals surface area contributed by atoms with Crippen molar-refractivity contribution in [2.75, 3.05) is 19.6 Å². The molecule has 3 fully saturated rings. The van der Waals surface area contributed by atoms with E-state index in [0.717, 1.165) is 23.4 Å². The molecule has 3 aliphatic heterocycles. The van der Waals surface area contributed by atoms with Crippen molar-refractivity contribution in [1.29, 1.82) is 0 Å². The lowest BCUT2D eigenvalue weighted by Crippen LogP contribution is -2.46. The van der Waals surface area contributed by atoms with E-state index >= 15 is 0 Å². The van der Waals surface area contributed by atoms with E-state index in [-0.39, 0.29) is 12.2 Å². The Morgan fingerprint density at radius 3 is 2.52 bits per heavy atom. The van der Waals surface area contributed by atoms with Crippen LogP contribution >= 0.6 is 0 Å². The highest BCUT2D eigenvalue weighted by molar-refractivity contribution is 5.95. The van der Waals surface area contributed by atoms with Crippen molar-refractivity contribution in [3.8, 4) is 0 Å². The van der Waals surface area contributed by atoms with Gasteiger partial charge >= 0.3 is 0 Å². The Balaban J connectivity index is 0.000000485. The van der Waals surface area contributed by atoms with Crippen molar-refractivity contribution in [3.05, 3.63) is 35.6 Å². The van der Waals surface area contributed by atoms with Crippen LogP contribution in [0.2, 0.25) is 0 Å². The molecular formula is C17H21N3O3. The van der Waals surface area contributed by atoms with Crippen LogP contribution in [0.1, 0.15) is 34.9 Å². The molecular weight excluding hydrogens is 294 g/mol. The predicted molar refractivity (Wildman–Crippen MR) is 86.9 cm³/mol. The number of amides is 2. The molecule has 1 atom stereocenters. The summed E-state index contributed by atoms with van der Waals surface area (Å²) in [5.41, 5.74) is 11.5. The van der Waals surface area contributed by atoms with Gasteiger partial charge in [-0.1, -0.05) is 6.07 Å². The lowest BCUT2D eigenvalue weighted by molar-refractivity contribution is -0.106. The molecule has 4 N–H and O–H groups in total. The first-order valence-corrected chi connectivity index (χ1v) is 7.83. The normalized spacial score (nSPS) is 25.7. The summed E-state index contributed by atoms with van der Waals surface area (Å²) in [7, 11) is 0. The average Bonchev–Trinajstić information content (AvgIpc) is 3.00. The van der Waals surface area contributed by atoms with E-state index in [2.05, 4.69) is 22.8 Å². The van der Waals surface area contributed by atoms with Crippen molar-refractivity contribution in [2.24, 2.45) is 17.4 Å². The van der Waals surface area contributed by atoms with Crippen LogP contribution in [0.5, 0.6) is 0 Å². The van der Waals surface area contributed by atoms with E-state index in [0.29, 0.717) is 5.92 Å². The molecule has 1 aromatic heterocycles. The fourth-order valence-corrected chi connectivity index (χ4v) is 3.76. The van der Waals surface area contributed by atoms with Crippen LogP contribution in [-0.2, 0) is 4.79 Å². The summed E-state index contributed by atoms with van der Waals surface area (Å²) in [6.07, 6.45) is 2.86. The van der Waals surface area contributed by atoms with Crippen molar-refractivity contribution < 1.29 is 14.0 Å². The molecule has 122 valence electrons. The summed E-state index contributed by atoms with van der Waals surface area (Å²) < 4.78 is 5.45. The van der Waals surface area contributed by atoms with Gasteiger partial charge in [-0.25, -0.2) is 0 Å². The van der Waals surface area contributed by atoms with Crippen LogP contribution < -0.4 is 11.5 Å². The molecule has 6 nitrogen and oxygen atoms in total. The van der Waals surface area contributed by atoms with Crippen molar-refractivity contribution >= 4 is 23.3 Å². The lowest BCUT2D eigenvalue weighted by atomic mass is 9.75. The smallest absolute Gasteiger partial charge is 0.284 e. The van der Waals surface area contributed by atoms with Gasteiger partial charge in [0, 0.05) is 11.9 Å². The maximum Gasteiger partial charge on any atom is 0.284 e. The lowest BCUT2D eigenvalue weighted by Gasteiger charge is -2.45. The second kappa shape index (κ2) is 6.42. The summed E-state index contributed by atoms with van der Waals surface area (Å²) in [6, 6.07) is 8.03. The molecule has 3 saturated heterocycles. The van der Waals surface area contributed by atoms with Crippen LogP contribution in [0.3, 0.4) is 0 Å².